The molecule has 3 aliphatic heterocycles. The van der Waals surface area contributed by atoms with E-state index in [9.17, 15) is 14.7 Å². The Kier molecular flexibility index (Phi) is 9.57. The van der Waals surface area contributed by atoms with Crippen molar-refractivity contribution in [3.63, 3.8) is 0 Å². The summed E-state index contributed by atoms with van der Waals surface area (Å²) in [4.78, 5) is 46.9. The molecule has 1 aromatic heterocycles. The van der Waals surface area contributed by atoms with Gasteiger partial charge >= 0.3 is 5.97 Å². The molecule has 1 spiro atoms. The predicted octanol–water partition coefficient (Wildman–Crippen LogP) is 4.39. The average molecular weight is 658 g/mol. The number of rotatable bonds is 15. The molecule has 3 aliphatic rings. The van der Waals surface area contributed by atoms with Crippen LogP contribution < -0.4 is 0 Å². The first-order valence-corrected chi connectivity index (χ1v) is 17.2. The van der Waals surface area contributed by atoms with Gasteiger partial charge in [-0.15, -0.1) is 30.0 Å². The number of likely N-dealkylation sites (tertiary alicyclic amines) is 1. The first-order valence-electron chi connectivity index (χ1n) is 16.4. The van der Waals surface area contributed by atoms with E-state index in [2.05, 4.69) is 23.5 Å². The van der Waals surface area contributed by atoms with E-state index in [0.29, 0.717) is 31.2 Å². The lowest BCUT2D eigenvalue weighted by molar-refractivity contribution is -0.156. The van der Waals surface area contributed by atoms with Crippen LogP contribution in [0.25, 0.3) is 11.0 Å². The van der Waals surface area contributed by atoms with Crippen LogP contribution in [0.5, 0.6) is 0 Å². The van der Waals surface area contributed by atoms with Crippen molar-refractivity contribution in [3.05, 3.63) is 85.5 Å². The second kappa shape index (κ2) is 13.6. The first kappa shape index (κ1) is 33.0. The first-order chi connectivity index (χ1) is 22.8. The largest absolute Gasteiger partial charge is 0.465 e. The topological polar surface area (TPSA) is 118 Å². The van der Waals surface area contributed by atoms with E-state index >= 15 is 4.79 Å². The number of carbonyl (C=O) groups is 3. The molecule has 0 aliphatic carbocycles. The lowest BCUT2D eigenvalue weighted by Gasteiger charge is -2.39. The van der Waals surface area contributed by atoms with Gasteiger partial charge in [0.25, 0.3) is 0 Å². The van der Waals surface area contributed by atoms with Crippen molar-refractivity contribution in [3.8, 4) is 0 Å². The Labute approximate surface area is 279 Å². The number of fused-ring (bicyclic) bond motifs is 2. The molecule has 2 amide bonds. The molecule has 0 radical (unpaired) electrons. The summed E-state index contributed by atoms with van der Waals surface area (Å²) >= 11 is 1.59. The van der Waals surface area contributed by atoms with Crippen LogP contribution in [0, 0.1) is 11.8 Å². The molecule has 248 valence electrons. The van der Waals surface area contributed by atoms with Gasteiger partial charge < -0.3 is 19.6 Å². The number of hydrogen-bond acceptors (Lipinski definition) is 8. The number of aromatic nitrogens is 3. The third-order valence-electron chi connectivity index (χ3n) is 10.1. The van der Waals surface area contributed by atoms with Crippen LogP contribution in [0.2, 0.25) is 0 Å². The maximum absolute atomic E-state index is 15.0. The van der Waals surface area contributed by atoms with Crippen molar-refractivity contribution >= 4 is 40.6 Å². The molecule has 6 rings (SSSR count). The highest BCUT2D eigenvalue weighted by molar-refractivity contribution is 8.02. The van der Waals surface area contributed by atoms with Crippen LogP contribution in [0.15, 0.2) is 79.9 Å². The van der Waals surface area contributed by atoms with Crippen molar-refractivity contribution in [1.29, 1.82) is 0 Å². The van der Waals surface area contributed by atoms with Gasteiger partial charge in [0.05, 0.1) is 41.4 Å². The fourth-order valence-corrected chi connectivity index (χ4v) is 10.2. The number of benzene rings is 2. The number of amides is 2. The summed E-state index contributed by atoms with van der Waals surface area (Å²) in [7, 11) is 0. The fraction of sp³-hybridized carbons (Fsp3) is 0.472. The van der Waals surface area contributed by atoms with Crippen LogP contribution in [0.1, 0.15) is 44.6 Å². The molecule has 2 bridgehead atoms. The van der Waals surface area contributed by atoms with Gasteiger partial charge in [-0.3, -0.25) is 14.4 Å². The van der Waals surface area contributed by atoms with Crippen LogP contribution >= 0.6 is 11.8 Å². The van der Waals surface area contributed by atoms with Gasteiger partial charge in [0.15, 0.2) is 0 Å². The van der Waals surface area contributed by atoms with E-state index in [-0.39, 0.29) is 44.2 Å². The Bertz CT molecular complexity index is 1650. The van der Waals surface area contributed by atoms with Crippen molar-refractivity contribution in [2.45, 2.75) is 73.7 Å². The third kappa shape index (κ3) is 5.88. The van der Waals surface area contributed by atoms with E-state index in [1.54, 1.807) is 32.3 Å². The van der Waals surface area contributed by atoms with E-state index < -0.39 is 33.4 Å². The summed E-state index contributed by atoms with van der Waals surface area (Å²) in [5.41, 5.74) is 2.43. The highest BCUT2D eigenvalue weighted by atomic mass is 32.2. The molecular formula is C36H43N5O5S. The van der Waals surface area contributed by atoms with Crippen LogP contribution in [0.3, 0.4) is 0 Å². The van der Waals surface area contributed by atoms with Gasteiger partial charge in [0, 0.05) is 11.3 Å². The molecule has 3 aromatic rings. The highest BCUT2D eigenvalue weighted by Crippen LogP contribution is 2.71. The molecule has 1 N–H and O–H groups in total. The van der Waals surface area contributed by atoms with E-state index in [1.807, 2.05) is 67.6 Å². The maximum atomic E-state index is 15.0. The molecular weight excluding hydrogens is 614 g/mol. The van der Waals surface area contributed by atoms with Gasteiger partial charge in [0.1, 0.15) is 18.2 Å². The maximum Gasteiger partial charge on any atom is 0.311 e. The quantitative estimate of drug-likeness (QED) is 0.145. The van der Waals surface area contributed by atoms with Gasteiger partial charge in [0.2, 0.25) is 11.8 Å². The van der Waals surface area contributed by atoms with Crippen molar-refractivity contribution in [1.82, 2.24) is 24.8 Å². The SMILES string of the molecule is C=CCCCCOC(=O)[C@H]1[C@H]2C(=O)N([C@@H](CO)Cc3ccccc3)C(C(=O)N(CC=C)Cn3nnc4ccccc43)C23CC[C@]1(C)S3. The second-order valence-electron chi connectivity index (χ2n) is 13.0. The standard InChI is InChI=1S/C36H43N5O5S/c1-4-6-7-13-21-46-34(45)30-29-32(43)41(26(23-42)22-25-14-9-8-10-15-25)31(36(29)19-18-35(30,3)47-36)33(44)39(20-5-2)24-40-28-17-12-11-16-27(28)37-38-40/h4-5,8-12,14-17,26,29-31,42H,1-2,6-7,13,18-24H2,3H3/t26-,29+,30-,31?,35+,36?/m1/s1. The predicted molar refractivity (Wildman–Crippen MR) is 181 cm³/mol. The fourth-order valence-electron chi connectivity index (χ4n) is 7.91. The third-order valence-corrected chi connectivity index (χ3v) is 12.0. The number of aliphatic hydroxyl groups excluding tert-OH is 1. The Hall–Kier alpha value is -3.96. The molecule has 4 heterocycles. The molecule has 2 unspecified atom stereocenters. The van der Waals surface area contributed by atoms with Crippen LogP contribution in [0.4, 0.5) is 0 Å². The monoisotopic (exact) mass is 657 g/mol. The van der Waals surface area contributed by atoms with Crippen molar-refractivity contribution < 1.29 is 24.2 Å². The van der Waals surface area contributed by atoms with Gasteiger partial charge in [-0.05, 0) is 63.1 Å². The summed E-state index contributed by atoms with van der Waals surface area (Å²) in [5, 5.41) is 19.4. The van der Waals surface area contributed by atoms with Crippen molar-refractivity contribution in [2.24, 2.45) is 11.8 Å². The Balaban J connectivity index is 1.38. The summed E-state index contributed by atoms with van der Waals surface area (Å²) in [6.07, 6.45) is 7.55. The molecule has 11 heteroatoms. The second-order valence-corrected chi connectivity index (χ2v) is 14.9. The number of unbranched alkanes of at least 4 members (excludes halogenated alkanes) is 2. The summed E-state index contributed by atoms with van der Waals surface area (Å²) < 4.78 is 6.08. The number of carbonyl (C=O) groups excluding carboxylic acids is 3. The molecule has 2 aromatic carbocycles. The molecule has 3 fully saturated rings. The van der Waals surface area contributed by atoms with Gasteiger partial charge in [-0.1, -0.05) is 59.8 Å². The number of thioether (sulfide) groups is 1. The lowest BCUT2D eigenvalue weighted by Crippen LogP contribution is -2.58. The van der Waals surface area contributed by atoms with Gasteiger partial charge in [-0.25, -0.2) is 4.68 Å². The number of allylic oxidation sites excluding steroid dienone is 1. The molecule has 47 heavy (non-hydrogen) atoms. The van der Waals surface area contributed by atoms with E-state index in [4.69, 9.17) is 4.74 Å². The lowest BCUT2D eigenvalue weighted by atomic mass is 9.66. The minimum atomic E-state index is -0.909. The smallest absolute Gasteiger partial charge is 0.311 e. The zero-order chi connectivity index (χ0) is 33.2. The van der Waals surface area contributed by atoms with Crippen molar-refractivity contribution in [2.75, 3.05) is 19.8 Å². The zero-order valence-electron chi connectivity index (χ0n) is 26.9. The number of hydrogen-bond donors (Lipinski definition) is 1. The average Bonchev–Trinajstić information content (AvgIpc) is 3.79. The number of para-hydroxylation sites is 1. The van der Waals surface area contributed by atoms with Crippen LogP contribution in [-0.4, -0.2) is 89.0 Å². The van der Waals surface area contributed by atoms with Gasteiger partial charge in [-0.2, -0.15) is 0 Å². The number of nitrogens with zero attached hydrogens (tertiary/aromatic N) is 5. The van der Waals surface area contributed by atoms with E-state index in [0.717, 1.165) is 23.9 Å². The Morgan fingerprint density at radius 3 is 2.64 bits per heavy atom. The normalized spacial score (nSPS) is 26.7. The summed E-state index contributed by atoms with van der Waals surface area (Å²) in [6, 6.07) is 15.6. The Morgan fingerprint density at radius 2 is 1.89 bits per heavy atom. The molecule has 0 saturated carbocycles. The number of aliphatic hydroxyl groups is 1. The minimum Gasteiger partial charge on any atom is -0.465 e. The highest BCUT2D eigenvalue weighted by Gasteiger charge is 2.78. The molecule has 10 nitrogen and oxygen atoms in total. The number of ether oxygens (including phenoxy) is 1. The summed E-state index contributed by atoms with van der Waals surface area (Å²) in [6.45, 7) is 9.96. The molecule has 6 atom stereocenters. The summed E-state index contributed by atoms with van der Waals surface area (Å²) in [5.74, 6) is -2.36. The minimum absolute atomic E-state index is 0.102. The molecule has 3 saturated heterocycles. The zero-order valence-corrected chi connectivity index (χ0v) is 27.7. The number of esters is 1. The van der Waals surface area contributed by atoms with E-state index in [1.165, 1.54) is 0 Å². The van der Waals surface area contributed by atoms with Crippen LogP contribution in [-0.2, 0) is 32.2 Å². The Morgan fingerprint density at radius 1 is 1.13 bits per heavy atom.